The zero-order valence-electron chi connectivity index (χ0n) is 19.0. The maximum absolute atomic E-state index is 13.5. The number of methoxy groups -OCH3 is 1. The van der Waals surface area contributed by atoms with Crippen LogP contribution < -0.4 is 4.74 Å². The highest BCUT2D eigenvalue weighted by atomic mass is 19.1. The average molecular weight is 461 g/mol. The molecule has 0 spiro atoms. The maximum atomic E-state index is 13.5. The van der Waals surface area contributed by atoms with Gasteiger partial charge in [-0.2, -0.15) is 4.99 Å². The maximum Gasteiger partial charge on any atom is 0.280 e. The zero-order valence-corrected chi connectivity index (χ0v) is 19.0. The van der Waals surface area contributed by atoms with Crippen molar-refractivity contribution in [3.05, 3.63) is 83.2 Å². The fraction of sp³-hybridized carbons (Fsp3) is 0.269. The lowest BCUT2D eigenvalue weighted by atomic mass is 9.86. The summed E-state index contributed by atoms with van der Waals surface area (Å²) in [4.78, 5) is 23.6. The van der Waals surface area contributed by atoms with Crippen molar-refractivity contribution >= 4 is 17.8 Å². The van der Waals surface area contributed by atoms with Gasteiger partial charge in [-0.05, 0) is 66.8 Å². The lowest BCUT2D eigenvalue weighted by Crippen LogP contribution is -2.53. The Kier molecular flexibility index (Phi) is 5.53. The van der Waals surface area contributed by atoms with Crippen molar-refractivity contribution < 1.29 is 19.0 Å². The van der Waals surface area contributed by atoms with Gasteiger partial charge in [-0.1, -0.05) is 18.2 Å². The van der Waals surface area contributed by atoms with Crippen molar-refractivity contribution in [3.8, 4) is 11.4 Å². The number of aliphatic imine (C=N–C) groups is 1. The van der Waals surface area contributed by atoms with E-state index in [9.17, 15) is 14.3 Å². The molecule has 0 bridgehead atoms. The number of carbonyl (C=O) groups excluding carboxylic acids is 1. The first-order valence-electron chi connectivity index (χ1n) is 11.1. The van der Waals surface area contributed by atoms with Gasteiger partial charge in [-0.3, -0.25) is 4.79 Å². The second-order valence-corrected chi connectivity index (χ2v) is 8.54. The number of amides is 1. The topological polar surface area (TPSA) is 80.0 Å². The minimum Gasteiger partial charge on any atom is -0.495 e. The summed E-state index contributed by atoms with van der Waals surface area (Å²) in [6, 6.07) is 11.6. The molecular weight excluding hydrogens is 435 g/mol. The average Bonchev–Trinajstić information content (AvgIpc) is 3.40. The summed E-state index contributed by atoms with van der Waals surface area (Å²) >= 11 is 0. The Morgan fingerprint density at radius 2 is 2.03 bits per heavy atom. The lowest BCUT2D eigenvalue weighted by Gasteiger charge is -2.40. The van der Waals surface area contributed by atoms with Gasteiger partial charge in [0.1, 0.15) is 17.4 Å². The number of fused-ring (bicyclic) bond motifs is 1. The van der Waals surface area contributed by atoms with Crippen molar-refractivity contribution in [2.75, 3.05) is 20.3 Å². The molecule has 2 aliphatic heterocycles. The molecule has 1 aromatic heterocycles. The van der Waals surface area contributed by atoms with Crippen LogP contribution in [0.2, 0.25) is 0 Å². The highest BCUT2D eigenvalue weighted by molar-refractivity contribution is 6.15. The normalized spacial score (nSPS) is 21.1. The number of carbonyl (C=O) groups is 1. The third-order valence-corrected chi connectivity index (χ3v) is 6.48. The molecule has 8 heteroatoms. The highest BCUT2D eigenvalue weighted by Crippen LogP contribution is 2.40. The Morgan fingerprint density at radius 3 is 2.71 bits per heavy atom. The van der Waals surface area contributed by atoms with Crippen LogP contribution in [0.15, 0.2) is 65.6 Å². The van der Waals surface area contributed by atoms with Crippen LogP contribution in [0.3, 0.4) is 0 Å². The van der Waals surface area contributed by atoms with E-state index in [-0.39, 0.29) is 0 Å². The number of rotatable bonds is 5. The van der Waals surface area contributed by atoms with Crippen LogP contribution in [0, 0.1) is 12.7 Å². The Balaban J connectivity index is 1.51. The third-order valence-electron chi connectivity index (χ3n) is 6.48. The summed E-state index contributed by atoms with van der Waals surface area (Å²) in [5.74, 6) is 0.418. The van der Waals surface area contributed by atoms with Gasteiger partial charge in [0.2, 0.25) is 0 Å². The molecule has 0 saturated carbocycles. The molecule has 34 heavy (non-hydrogen) atoms. The summed E-state index contributed by atoms with van der Waals surface area (Å²) in [7, 11) is 1.62. The molecule has 1 saturated heterocycles. The summed E-state index contributed by atoms with van der Waals surface area (Å²) in [5.41, 5.74) is 2.80. The van der Waals surface area contributed by atoms with Crippen molar-refractivity contribution in [1.82, 2.24) is 14.5 Å². The number of benzene rings is 2. The number of ether oxygens (including phenoxy) is 1. The van der Waals surface area contributed by atoms with Gasteiger partial charge >= 0.3 is 0 Å². The minimum atomic E-state index is -1.33. The number of aliphatic hydroxyl groups is 1. The fourth-order valence-electron chi connectivity index (χ4n) is 4.76. The number of hydrogen-bond donors (Lipinski definition) is 1. The monoisotopic (exact) mass is 460 g/mol. The van der Waals surface area contributed by atoms with Gasteiger partial charge < -0.3 is 19.3 Å². The molecule has 2 aromatic carbocycles. The Morgan fingerprint density at radius 1 is 1.24 bits per heavy atom. The first-order chi connectivity index (χ1) is 16.5. The molecule has 1 amide bonds. The molecule has 5 rings (SSSR count). The van der Waals surface area contributed by atoms with Crippen LogP contribution in [-0.2, 0) is 10.3 Å². The smallest absolute Gasteiger partial charge is 0.280 e. The third kappa shape index (κ3) is 3.51. The van der Waals surface area contributed by atoms with Crippen molar-refractivity contribution in [3.63, 3.8) is 0 Å². The van der Waals surface area contributed by atoms with Crippen LogP contribution in [0.5, 0.6) is 5.75 Å². The van der Waals surface area contributed by atoms with Crippen LogP contribution in [-0.4, -0.2) is 51.6 Å². The van der Waals surface area contributed by atoms with Gasteiger partial charge in [-0.15, -0.1) is 0 Å². The van der Waals surface area contributed by atoms with Crippen molar-refractivity contribution in [2.45, 2.75) is 25.3 Å². The van der Waals surface area contributed by atoms with E-state index < -0.39 is 23.9 Å². The van der Waals surface area contributed by atoms with Crippen LogP contribution in [0.4, 0.5) is 4.39 Å². The number of imidazole rings is 1. The van der Waals surface area contributed by atoms with E-state index in [1.807, 2.05) is 46.9 Å². The standard InChI is InChI=1S/C26H25FN4O3/c1-17-14-30(16-28-17)22-10-5-18(13-23(22)34-2)12-19-4-3-11-31-24(19)29-25(33)26(31,15-32)20-6-8-21(27)9-7-20/h5-10,12-14,16,32H,3-4,11,15H2,1-2H3. The fourth-order valence-corrected chi connectivity index (χ4v) is 4.76. The number of aromatic nitrogens is 2. The van der Waals surface area contributed by atoms with E-state index in [4.69, 9.17) is 4.74 Å². The summed E-state index contributed by atoms with van der Waals surface area (Å²) < 4.78 is 21.1. The van der Waals surface area contributed by atoms with E-state index >= 15 is 0 Å². The second kappa shape index (κ2) is 8.53. The predicted molar refractivity (Wildman–Crippen MR) is 126 cm³/mol. The molecule has 0 radical (unpaired) electrons. The predicted octanol–water partition coefficient (Wildman–Crippen LogP) is 3.63. The lowest BCUT2D eigenvalue weighted by molar-refractivity contribution is -0.128. The molecule has 2 aliphatic rings. The summed E-state index contributed by atoms with van der Waals surface area (Å²) in [6.45, 7) is 2.06. The Hall–Kier alpha value is -3.78. The molecule has 0 aliphatic carbocycles. The second-order valence-electron chi connectivity index (χ2n) is 8.54. The number of halogens is 1. The molecule has 1 N–H and O–H groups in total. The van der Waals surface area contributed by atoms with Crippen LogP contribution >= 0.6 is 0 Å². The molecular formula is C26H25FN4O3. The van der Waals surface area contributed by atoms with Crippen molar-refractivity contribution in [2.24, 2.45) is 4.99 Å². The highest BCUT2D eigenvalue weighted by Gasteiger charge is 2.52. The van der Waals surface area contributed by atoms with E-state index in [0.29, 0.717) is 23.7 Å². The van der Waals surface area contributed by atoms with E-state index in [2.05, 4.69) is 9.98 Å². The molecule has 1 atom stereocenters. The molecule has 7 nitrogen and oxygen atoms in total. The van der Waals surface area contributed by atoms with Gasteiger partial charge in [0.25, 0.3) is 5.91 Å². The van der Waals surface area contributed by atoms with E-state index in [1.54, 1.807) is 25.6 Å². The largest absolute Gasteiger partial charge is 0.495 e. The number of aliphatic hydroxyl groups excluding tert-OH is 1. The van der Waals surface area contributed by atoms with E-state index in [1.165, 1.54) is 12.1 Å². The van der Waals surface area contributed by atoms with Gasteiger partial charge in [0.05, 0.1) is 31.4 Å². The Labute approximate surface area is 196 Å². The van der Waals surface area contributed by atoms with Gasteiger partial charge in [0.15, 0.2) is 5.54 Å². The quantitative estimate of drug-likeness (QED) is 0.629. The number of piperidine rings is 1. The number of hydrogen-bond acceptors (Lipinski definition) is 5. The van der Waals surface area contributed by atoms with Gasteiger partial charge in [0, 0.05) is 12.7 Å². The van der Waals surface area contributed by atoms with Crippen molar-refractivity contribution in [1.29, 1.82) is 0 Å². The molecule has 1 unspecified atom stereocenters. The van der Waals surface area contributed by atoms with Gasteiger partial charge in [-0.25, -0.2) is 9.37 Å². The Bertz CT molecular complexity index is 1310. The summed E-state index contributed by atoms with van der Waals surface area (Å²) in [6.07, 6.45) is 7.22. The minimum absolute atomic E-state index is 0.397. The number of aryl methyl sites for hydroxylation is 1. The SMILES string of the molecule is COc1cc(C=C2CCCN3C2=NC(=O)C3(CO)c2ccc(F)cc2)ccc1-n1cnc(C)c1. The molecule has 3 aromatic rings. The molecule has 1 fully saturated rings. The number of nitrogens with zero attached hydrogens (tertiary/aromatic N) is 4. The summed E-state index contributed by atoms with van der Waals surface area (Å²) in [5, 5.41) is 10.4. The first kappa shape index (κ1) is 22.0. The van der Waals surface area contributed by atoms with Crippen LogP contribution in [0.25, 0.3) is 11.8 Å². The molecule has 174 valence electrons. The first-order valence-corrected chi connectivity index (χ1v) is 11.1. The molecule has 3 heterocycles. The zero-order chi connectivity index (χ0) is 23.9. The number of amidine groups is 1. The van der Waals surface area contributed by atoms with Crippen LogP contribution in [0.1, 0.15) is 29.7 Å². The van der Waals surface area contributed by atoms with E-state index in [0.717, 1.165) is 35.4 Å².